The second-order valence-electron chi connectivity index (χ2n) is 7.64. The number of aryl methyl sites for hydroxylation is 1. The Morgan fingerprint density at radius 1 is 1.33 bits per heavy atom. The van der Waals surface area contributed by atoms with Gasteiger partial charge < -0.3 is 4.74 Å². The highest BCUT2D eigenvalue weighted by molar-refractivity contribution is 5.68. The van der Waals surface area contributed by atoms with Gasteiger partial charge in [0.05, 0.1) is 0 Å². The van der Waals surface area contributed by atoms with Gasteiger partial charge in [0.25, 0.3) is 0 Å². The molecule has 3 nitrogen and oxygen atoms in total. The van der Waals surface area contributed by atoms with Gasteiger partial charge in [0.2, 0.25) is 6.54 Å². The zero-order chi connectivity index (χ0) is 15.3. The largest absolute Gasteiger partial charge is 0.457 e. The highest BCUT2D eigenvalue weighted by atomic mass is 16.5. The Morgan fingerprint density at radius 2 is 2.00 bits per heavy atom. The SMILES string of the molecule is Cc1cc[n+](CC(=O)OC2CC3CCC2(C)C3(C)C)cc1. The Balaban J connectivity index is 1.65. The lowest BCUT2D eigenvalue weighted by molar-refractivity contribution is -0.686. The van der Waals surface area contributed by atoms with Crippen LogP contribution in [0.1, 0.15) is 45.6 Å². The molecule has 1 aromatic heterocycles. The monoisotopic (exact) mass is 288 g/mol. The lowest BCUT2D eigenvalue weighted by Gasteiger charge is -2.38. The summed E-state index contributed by atoms with van der Waals surface area (Å²) in [6, 6.07) is 4.02. The predicted molar refractivity (Wildman–Crippen MR) is 80.5 cm³/mol. The molecule has 2 bridgehead atoms. The Labute approximate surface area is 127 Å². The highest BCUT2D eigenvalue weighted by Gasteiger charge is 2.62. The van der Waals surface area contributed by atoms with E-state index in [0.29, 0.717) is 12.5 Å². The van der Waals surface area contributed by atoms with Crippen molar-refractivity contribution in [2.75, 3.05) is 0 Å². The zero-order valence-electron chi connectivity index (χ0n) is 13.6. The normalized spacial score (nSPS) is 33.1. The fraction of sp³-hybridized carbons (Fsp3) is 0.667. The highest BCUT2D eigenvalue weighted by Crippen LogP contribution is 2.66. The molecule has 1 heterocycles. The van der Waals surface area contributed by atoms with E-state index in [0.717, 1.165) is 6.42 Å². The Kier molecular flexibility index (Phi) is 3.34. The molecule has 3 heteroatoms. The summed E-state index contributed by atoms with van der Waals surface area (Å²) in [5.41, 5.74) is 1.63. The summed E-state index contributed by atoms with van der Waals surface area (Å²) in [7, 11) is 0. The van der Waals surface area contributed by atoms with Crippen molar-refractivity contribution in [3.05, 3.63) is 30.1 Å². The van der Waals surface area contributed by atoms with Gasteiger partial charge in [0.15, 0.2) is 12.4 Å². The molecule has 0 spiro atoms. The quantitative estimate of drug-likeness (QED) is 0.632. The molecule has 0 N–H and O–H groups in total. The minimum absolute atomic E-state index is 0.0878. The van der Waals surface area contributed by atoms with E-state index in [1.54, 1.807) is 0 Å². The van der Waals surface area contributed by atoms with Crippen molar-refractivity contribution < 1.29 is 14.1 Å². The molecule has 3 unspecified atom stereocenters. The summed E-state index contributed by atoms with van der Waals surface area (Å²) in [6.07, 6.45) is 7.45. The number of hydrogen-bond acceptors (Lipinski definition) is 2. The van der Waals surface area contributed by atoms with Crippen LogP contribution in [0.2, 0.25) is 0 Å². The summed E-state index contributed by atoms with van der Waals surface area (Å²) in [5.74, 6) is 0.589. The maximum absolute atomic E-state index is 12.2. The third kappa shape index (κ3) is 2.27. The number of ether oxygens (including phenoxy) is 1. The molecule has 0 aliphatic heterocycles. The number of aromatic nitrogens is 1. The molecule has 114 valence electrons. The van der Waals surface area contributed by atoms with Crippen LogP contribution >= 0.6 is 0 Å². The van der Waals surface area contributed by atoms with Gasteiger partial charge in [-0.15, -0.1) is 0 Å². The van der Waals surface area contributed by atoms with Crippen LogP contribution in [0.15, 0.2) is 24.5 Å². The average molecular weight is 288 g/mol. The van der Waals surface area contributed by atoms with Crippen LogP contribution < -0.4 is 4.57 Å². The van der Waals surface area contributed by atoms with E-state index in [4.69, 9.17) is 4.74 Å². The van der Waals surface area contributed by atoms with Crippen molar-refractivity contribution in [1.29, 1.82) is 0 Å². The molecule has 0 aromatic carbocycles. The summed E-state index contributed by atoms with van der Waals surface area (Å²) < 4.78 is 7.74. The summed E-state index contributed by atoms with van der Waals surface area (Å²) in [6.45, 7) is 9.33. The Morgan fingerprint density at radius 3 is 2.52 bits per heavy atom. The Hall–Kier alpha value is -1.38. The van der Waals surface area contributed by atoms with Crippen molar-refractivity contribution in [3.8, 4) is 0 Å². The van der Waals surface area contributed by atoms with Gasteiger partial charge in [0, 0.05) is 17.5 Å². The van der Waals surface area contributed by atoms with E-state index < -0.39 is 0 Å². The van der Waals surface area contributed by atoms with E-state index in [2.05, 4.69) is 20.8 Å². The molecular formula is C18H26NO2+. The number of carbonyl (C=O) groups excluding carboxylic acids is 1. The van der Waals surface area contributed by atoms with Gasteiger partial charge in [-0.25, -0.2) is 4.79 Å². The maximum Gasteiger partial charge on any atom is 0.372 e. The van der Waals surface area contributed by atoms with Crippen molar-refractivity contribution in [3.63, 3.8) is 0 Å². The molecule has 0 radical (unpaired) electrons. The van der Waals surface area contributed by atoms with Gasteiger partial charge >= 0.3 is 5.97 Å². The van der Waals surface area contributed by atoms with Gasteiger partial charge in [-0.05, 0) is 43.1 Å². The smallest absolute Gasteiger partial charge is 0.372 e. The standard InChI is InChI=1S/C18H26NO2/c1-13-6-9-19(10-7-13)12-16(20)21-15-11-14-5-8-18(15,4)17(14,2)3/h6-7,9-10,14-15H,5,8,11-12H2,1-4H3/q+1. The van der Waals surface area contributed by atoms with Crippen LogP contribution in [0.4, 0.5) is 0 Å². The molecule has 2 saturated carbocycles. The fourth-order valence-corrected chi connectivity index (χ4v) is 4.29. The number of pyridine rings is 1. The summed E-state index contributed by atoms with van der Waals surface area (Å²) in [4.78, 5) is 12.2. The molecule has 2 aliphatic carbocycles. The van der Waals surface area contributed by atoms with E-state index in [1.807, 2.05) is 36.0 Å². The van der Waals surface area contributed by atoms with Gasteiger partial charge in [-0.2, -0.15) is 4.57 Å². The topological polar surface area (TPSA) is 30.2 Å². The number of nitrogens with zero attached hydrogens (tertiary/aromatic N) is 1. The van der Waals surface area contributed by atoms with Gasteiger partial charge in [-0.1, -0.05) is 20.8 Å². The van der Waals surface area contributed by atoms with Crippen LogP contribution in [0.5, 0.6) is 0 Å². The molecule has 3 rings (SSSR count). The summed E-state index contributed by atoms with van der Waals surface area (Å²) >= 11 is 0. The number of esters is 1. The third-order valence-electron chi connectivity index (χ3n) is 6.36. The van der Waals surface area contributed by atoms with Crippen LogP contribution in [-0.2, 0) is 16.1 Å². The number of carbonyl (C=O) groups is 1. The molecular weight excluding hydrogens is 262 g/mol. The zero-order valence-corrected chi connectivity index (χ0v) is 13.6. The minimum Gasteiger partial charge on any atom is -0.457 e. The van der Waals surface area contributed by atoms with Crippen molar-refractivity contribution in [2.24, 2.45) is 16.7 Å². The molecule has 2 aliphatic rings. The van der Waals surface area contributed by atoms with E-state index >= 15 is 0 Å². The summed E-state index contributed by atoms with van der Waals surface area (Å²) in [5, 5.41) is 0. The third-order valence-corrected chi connectivity index (χ3v) is 6.36. The molecule has 21 heavy (non-hydrogen) atoms. The second-order valence-corrected chi connectivity index (χ2v) is 7.64. The number of fused-ring (bicyclic) bond motifs is 2. The molecule has 1 aromatic rings. The number of hydrogen-bond donors (Lipinski definition) is 0. The molecule has 0 amide bonds. The molecule has 3 atom stereocenters. The van der Waals surface area contributed by atoms with Crippen LogP contribution in [-0.4, -0.2) is 12.1 Å². The van der Waals surface area contributed by atoms with Crippen LogP contribution in [0.25, 0.3) is 0 Å². The van der Waals surface area contributed by atoms with E-state index in [-0.39, 0.29) is 22.9 Å². The van der Waals surface area contributed by atoms with Crippen molar-refractivity contribution in [2.45, 2.75) is 59.6 Å². The van der Waals surface area contributed by atoms with Crippen molar-refractivity contribution >= 4 is 5.97 Å². The lowest BCUT2D eigenvalue weighted by Crippen LogP contribution is -2.43. The van der Waals surface area contributed by atoms with Gasteiger partial charge in [0.1, 0.15) is 6.10 Å². The second kappa shape index (κ2) is 4.82. The first-order valence-electron chi connectivity index (χ1n) is 7.98. The van der Waals surface area contributed by atoms with Crippen LogP contribution in [0.3, 0.4) is 0 Å². The lowest BCUT2D eigenvalue weighted by atomic mass is 9.70. The molecule has 2 fully saturated rings. The molecule has 0 saturated heterocycles. The average Bonchev–Trinajstić information content (AvgIpc) is 2.74. The predicted octanol–water partition coefficient (Wildman–Crippen LogP) is 3.04. The minimum atomic E-state index is -0.113. The first-order chi connectivity index (χ1) is 9.83. The fourth-order valence-electron chi connectivity index (χ4n) is 4.29. The van der Waals surface area contributed by atoms with E-state index in [9.17, 15) is 4.79 Å². The van der Waals surface area contributed by atoms with Crippen LogP contribution in [0, 0.1) is 23.7 Å². The van der Waals surface area contributed by atoms with Gasteiger partial charge in [-0.3, -0.25) is 0 Å². The first-order valence-corrected chi connectivity index (χ1v) is 7.98. The maximum atomic E-state index is 12.2. The number of rotatable bonds is 3. The first kappa shape index (κ1) is 14.6. The van der Waals surface area contributed by atoms with E-state index in [1.165, 1.54) is 18.4 Å². The van der Waals surface area contributed by atoms with Crippen molar-refractivity contribution in [1.82, 2.24) is 0 Å². The Bertz CT molecular complexity index is 549.